The van der Waals surface area contributed by atoms with Gasteiger partial charge in [0.05, 0.1) is 26.4 Å². The first kappa shape index (κ1) is 22.2. The first-order valence-corrected chi connectivity index (χ1v) is 5.33. The zero-order valence-electron chi connectivity index (χ0n) is 10.2. The molecular formula is C9H24N2O7. The van der Waals surface area contributed by atoms with Crippen LogP contribution in [0.4, 0.5) is 4.79 Å². The molecule has 0 atom stereocenters. The summed E-state index contributed by atoms with van der Waals surface area (Å²) in [5.41, 5.74) is 0. The van der Waals surface area contributed by atoms with Crippen molar-refractivity contribution >= 4 is 6.16 Å². The highest BCUT2D eigenvalue weighted by atomic mass is 16.6. The van der Waals surface area contributed by atoms with Gasteiger partial charge in [0.15, 0.2) is 0 Å². The Labute approximate surface area is 106 Å². The van der Waals surface area contributed by atoms with Crippen molar-refractivity contribution in [2.45, 2.75) is 0 Å². The van der Waals surface area contributed by atoms with Crippen LogP contribution in [0.1, 0.15) is 0 Å². The van der Waals surface area contributed by atoms with E-state index in [1.165, 1.54) is 0 Å². The molecule has 0 unspecified atom stereocenters. The summed E-state index contributed by atoms with van der Waals surface area (Å²) in [6.45, 7) is 2.84. The van der Waals surface area contributed by atoms with Gasteiger partial charge in [0.1, 0.15) is 0 Å². The molecule has 9 heteroatoms. The van der Waals surface area contributed by atoms with Crippen molar-refractivity contribution in [3.8, 4) is 0 Å². The van der Waals surface area contributed by atoms with E-state index in [2.05, 4.69) is 10.6 Å². The average Bonchev–Trinajstić information content (AvgIpc) is 2.31. The highest BCUT2D eigenvalue weighted by Crippen LogP contribution is 1.54. The maximum atomic E-state index is 8.56. The molecule has 0 spiro atoms. The summed E-state index contributed by atoms with van der Waals surface area (Å²) in [5, 5.41) is 52.1. The Balaban J connectivity index is -0.000000196. The molecule has 0 aliphatic heterocycles. The molecule has 0 aromatic heterocycles. The van der Waals surface area contributed by atoms with Gasteiger partial charge in [-0.2, -0.15) is 0 Å². The fraction of sp³-hybridized carbons (Fsp3) is 0.889. The van der Waals surface area contributed by atoms with Crippen LogP contribution in [0.5, 0.6) is 0 Å². The lowest BCUT2D eigenvalue weighted by atomic mass is 10.6. The molecule has 9 nitrogen and oxygen atoms in total. The van der Waals surface area contributed by atoms with Crippen molar-refractivity contribution in [3.05, 3.63) is 0 Å². The van der Waals surface area contributed by atoms with Gasteiger partial charge in [0, 0.05) is 26.2 Å². The maximum Gasteiger partial charge on any atom is 0.503 e. The zero-order valence-corrected chi connectivity index (χ0v) is 10.2. The summed E-state index contributed by atoms with van der Waals surface area (Å²) in [5.74, 6) is 0. The van der Waals surface area contributed by atoms with Gasteiger partial charge in [0.2, 0.25) is 0 Å². The Hall–Kier alpha value is -0.970. The third-order valence-electron chi connectivity index (χ3n) is 1.15. The molecule has 0 aromatic rings. The lowest BCUT2D eigenvalue weighted by Gasteiger charge is -1.94. The third-order valence-corrected chi connectivity index (χ3v) is 1.15. The van der Waals surface area contributed by atoms with Gasteiger partial charge in [-0.3, -0.25) is 0 Å². The summed E-state index contributed by atoms with van der Waals surface area (Å²) >= 11 is 0. The molecule has 0 rings (SSSR count). The maximum absolute atomic E-state index is 8.56. The van der Waals surface area contributed by atoms with E-state index in [-0.39, 0.29) is 26.4 Å². The van der Waals surface area contributed by atoms with Gasteiger partial charge in [0.25, 0.3) is 0 Å². The van der Waals surface area contributed by atoms with Gasteiger partial charge in [-0.15, -0.1) is 0 Å². The predicted molar refractivity (Wildman–Crippen MR) is 64.7 cm³/mol. The molecule has 18 heavy (non-hydrogen) atoms. The molecule has 112 valence electrons. The lowest BCUT2D eigenvalue weighted by molar-refractivity contribution is 0.137. The van der Waals surface area contributed by atoms with Gasteiger partial charge in [-0.1, -0.05) is 0 Å². The van der Waals surface area contributed by atoms with Crippen LogP contribution >= 0.6 is 0 Å². The molecule has 0 radical (unpaired) electrons. The van der Waals surface area contributed by atoms with Crippen molar-refractivity contribution in [3.63, 3.8) is 0 Å². The van der Waals surface area contributed by atoms with Gasteiger partial charge >= 0.3 is 6.16 Å². The molecular weight excluding hydrogens is 248 g/mol. The molecule has 0 aliphatic carbocycles. The first-order valence-electron chi connectivity index (χ1n) is 5.33. The fourth-order valence-electron chi connectivity index (χ4n) is 0.566. The first-order chi connectivity index (χ1) is 8.56. The van der Waals surface area contributed by atoms with Crippen LogP contribution in [-0.4, -0.2) is 89.4 Å². The Bertz CT molecular complexity index is 127. The molecule has 0 heterocycles. The molecule has 0 bridgehead atoms. The van der Waals surface area contributed by atoms with Crippen molar-refractivity contribution in [1.29, 1.82) is 0 Å². The Kier molecular flexibility index (Phi) is 30.9. The van der Waals surface area contributed by atoms with Crippen molar-refractivity contribution in [2.75, 3.05) is 52.6 Å². The van der Waals surface area contributed by atoms with E-state index in [4.69, 9.17) is 35.4 Å². The summed E-state index contributed by atoms with van der Waals surface area (Å²) in [4.78, 5) is 8.56. The van der Waals surface area contributed by atoms with E-state index >= 15 is 0 Å². The quantitative estimate of drug-likeness (QED) is 0.220. The summed E-state index contributed by atoms with van der Waals surface area (Å²) in [7, 11) is 0. The van der Waals surface area contributed by atoms with E-state index in [0.717, 1.165) is 0 Å². The normalized spacial score (nSPS) is 8.67. The second kappa shape index (κ2) is 25.0. The second-order valence-corrected chi connectivity index (χ2v) is 2.68. The molecule has 0 fully saturated rings. The number of hydrogen-bond donors (Lipinski definition) is 8. The average molecular weight is 272 g/mol. The summed E-state index contributed by atoms with van der Waals surface area (Å²) < 4.78 is 0. The van der Waals surface area contributed by atoms with Crippen molar-refractivity contribution in [2.24, 2.45) is 0 Å². The highest BCUT2D eigenvalue weighted by molar-refractivity contribution is 5.53. The minimum atomic E-state index is -1.83. The van der Waals surface area contributed by atoms with Crippen molar-refractivity contribution in [1.82, 2.24) is 10.6 Å². The van der Waals surface area contributed by atoms with E-state index in [0.29, 0.717) is 26.2 Å². The van der Waals surface area contributed by atoms with Crippen molar-refractivity contribution < 1.29 is 35.4 Å². The van der Waals surface area contributed by atoms with Crippen LogP contribution in [0.3, 0.4) is 0 Å². The Morgan fingerprint density at radius 3 is 0.944 bits per heavy atom. The monoisotopic (exact) mass is 272 g/mol. The van der Waals surface area contributed by atoms with E-state index in [1.54, 1.807) is 0 Å². The van der Waals surface area contributed by atoms with Crippen LogP contribution in [0.2, 0.25) is 0 Å². The molecule has 8 N–H and O–H groups in total. The standard InChI is InChI=1S/2C4H11NO2.CH2O3/c2*6-3-1-5-2-4-7;2-1(3)4/h2*5-7H,1-4H2;(H2,2,3,4). The number of rotatable bonds is 8. The van der Waals surface area contributed by atoms with E-state index in [9.17, 15) is 0 Å². The number of carboxylic acid groups (broad SMARTS) is 2. The highest BCUT2D eigenvalue weighted by Gasteiger charge is 1.78. The predicted octanol–water partition coefficient (Wildman–Crippen LogP) is -2.66. The van der Waals surface area contributed by atoms with E-state index in [1.807, 2.05) is 0 Å². The van der Waals surface area contributed by atoms with Crippen LogP contribution in [0, 0.1) is 0 Å². The number of carbonyl (C=O) groups is 1. The molecule has 0 saturated carbocycles. The summed E-state index contributed by atoms with van der Waals surface area (Å²) in [6.07, 6.45) is -1.83. The number of hydrogen-bond acceptors (Lipinski definition) is 7. The number of nitrogens with one attached hydrogen (secondary N) is 2. The Morgan fingerprint density at radius 1 is 0.667 bits per heavy atom. The van der Waals surface area contributed by atoms with Crippen LogP contribution < -0.4 is 10.6 Å². The topological polar surface area (TPSA) is 163 Å². The Morgan fingerprint density at radius 2 is 0.833 bits per heavy atom. The van der Waals surface area contributed by atoms with Crippen LogP contribution in [0.15, 0.2) is 0 Å². The number of aliphatic hydroxyl groups excluding tert-OH is 4. The number of aliphatic hydroxyl groups is 4. The largest absolute Gasteiger partial charge is 0.503 e. The zero-order chi connectivity index (χ0) is 14.6. The van der Waals surface area contributed by atoms with Gasteiger partial charge in [-0.05, 0) is 0 Å². The van der Waals surface area contributed by atoms with Gasteiger partial charge < -0.3 is 41.3 Å². The minimum Gasteiger partial charge on any atom is -0.450 e. The minimum absolute atomic E-state index is 0.139. The van der Waals surface area contributed by atoms with Gasteiger partial charge in [-0.25, -0.2) is 4.79 Å². The van der Waals surface area contributed by atoms with Crippen LogP contribution in [-0.2, 0) is 0 Å². The SMILES string of the molecule is O=C(O)O.OCCNCCO.OCCNCCO. The second-order valence-electron chi connectivity index (χ2n) is 2.68. The lowest BCUT2D eigenvalue weighted by Crippen LogP contribution is -2.21. The smallest absolute Gasteiger partial charge is 0.450 e. The molecule has 0 aliphatic rings. The van der Waals surface area contributed by atoms with E-state index < -0.39 is 6.16 Å². The molecule has 0 amide bonds. The summed E-state index contributed by atoms with van der Waals surface area (Å²) in [6, 6.07) is 0. The third kappa shape index (κ3) is 59.9. The fourth-order valence-corrected chi connectivity index (χ4v) is 0.566. The molecule has 0 aromatic carbocycles. The van der Waals surface area contributed by atoms with Crippen LogP contribution in [0.25, 0.3) is 0 Å². The molecule has 0 saturated heterocycles.